The number of ether oxygens (including phenoxy) is 2. The molecule has 1 aliphatic rings. The number of likely N-dealkylation sites (tertiary alicyclic amines) is 1. The van der Waals surface area contributed by atoms with E-state index in [9.17, 15) is 13.2 Å². The third-order valence-corrected chi connectivity index (χ3v) is 5.04. The van der Waals surface area contributed by atoms with E-state index in [1.165, 1.54) is 24.8 Å². The molecule has 6 nitrogen and oxygen atoms in total. The molecule has 1 aliphatic heterocycles. The van der Waals surface area contributed by atoms with Crippen LogP contribution in [0.3, 0.4) is 0 Å². The van der Waals surface area contributed by atoms with Crippen molar-refractivity contribution in [1.29, 1.82) is 0 Å². The van der Waals surface area contributed by atoms with Crippen molar-refractivity contribution in [2.24, 2.45) is 4.99 Å². The van der Waals surface area contributed by atoms with Crippen LogP contribution in [0, 0.1) is 0 Å². The van der Waals surface area contributed by atoms with E-state index in [4.69, 9.17) is 4.74 Å². The van der Waals surface area contributed by atoms with Crippen LogP contribution in [0.2, 0.25) is 0 Å². The fraction of sp³-hybridized carbons (Fsp3) is 0.667. The first-order valence-corrected chi connectivity index (χ1v) is 10.4. The molecular formula is C21H33F3N4O2. The van der Waals surface area contributed by atoms with Gasteiger partial charge < -0.3 is 20.1 Å². The zero-order chi connectivity index (χ0) is 21.8. The van der Waals surface area contributed by atoms with Crippen LogP contribution in [0.4, 0.5) is 13.2 Å². The van der Waals surface area contributed by atoms with Gasteiger partial charge in [0.25, 0.3) is 0 Å². The topological polar surface area (TPSA) is 58.1 Å². The van der Waals surface area contributed by atoms with Crippen LogP contribution in [0.1, 0.15) is 37.3 Å². The second-order valence-electron chi connectivity index (χ2n) is 7.29. The number of halogens is 3. The van der Waals surface area contributed by atoms with Gasteiger partial charge in [0, 0.05) is 26.7 Å². The Morgan fingerprint density at radius 2 is 1.83 bits per heavy atom. The number of nitrogens with zero attached hydrogens (tertiary/aromatic N) is 2. The molecular weight excluding hydrogens is 397 g/mol. The highest BCUT2D eigenvalue weighted by Gasteiger charge is 2.27. The summed E-state index contributed by atoms with van der Waals surface area (Å²) >= 11 is 0. The second kappa shape index (κ2) is 12.6. The van der Waals surface area contributed by atoms with Gasteiger partial charge >= 0.3 is 6.18 Å². The van der Waals surface area contributed by atoms with Gasteiger partial charge in [-0.1, -0.05) is 18.6 Å². The predicted molar refractivity (Wildman–Crippen MR) is 112 cm³/mol. The summed E-state index contributed by atoms with van der Waals surface area (Å²) in [6.45, 7) is 2.11. The number of alkyl halides is 3. The second-order valence-corrected chi connectivity index (χ2v) is 7.29. The van der Waals surface area contributed by atoms with Crippen LogP contribution in [-0.2, 0) is 4.74 Å². The largest absolute Gasteiger partial charge is 0.497 e. The van der Waals surface area contributed by atoms with Crippen LogP contribution in [0.5, 0.6) is 5.75 Å². The molecule has 2 rings (SSSR count). The fourth-order valence-corrected chi connectivity index (χ4v) is 3.50. The maximum absolute atomic E-state index is 12.1. The molecule has 1 unspecified atom stereocenters. The number of aliphatic imine (C=N–C) groups is 1. The van der Waals surface area contributed by atoms with E-state index in [2.05, 4.69) is 37.4 Å². The molecule has 0 bridgehead atoms. The van der Waals surface area contributed by atoms with Crippen LogP contribution in [0.15, 0.2) is 29.3 Å². The van der Waals surface area contributed by atoms with Gasteiger partial charge in [-0.3, -0.25) is 9.89 Å². The molecule has 0 amide bonds. The lowest BCUT2D eigenvalue weighted by Crippen LogP contribution is -2.44. The SMILES string of the molecule is CN=C(NCCCOCC(F)(F)F)NCC(c1ccc(OC)cc1)N1CCCCC1. The van der Waals surface area contributed by atoms with Gasteiger partial charge in [0.15, 0.2) is 5.96 Å². The lowest BCUT2D eigenvalue weighted by molar-refractivity contribution is -0.173. The molecule has 1 saturated heterocycles. The number of hydrogen-bond acceptors (Lipinski definition) is 4. The number of rotatable bonds is 10. The first-order valence-electron chi connectivity index (χ1n) is 10.4. The average Bonchev–Trinajstić information content (AvgIpc) is 2.75. The predicted octanol–water partition coefficient (Wildman–Crippen LogP) is 3.36. The average molecular weight is 431 g/mol. The summed E-state index contributed by atoms with van der Waals surface area (Å²) in [6.07, 6.45) is -0.172. The Kier molecular flexibility index (Phi) is 10.2. The summed E-state index contributed by atoms with van der Waals surface area (Å²) in [4.78, 5) is 6.70. The van der Waals surface area contributed by atoms with E-state index in [1.54, 1.807) is 14.2 Å². The molecule has 0 radical (unpaired) electrons. The molecule has 1 heterocycles. The standard InChI is InChI=1S/C21H33F3N4O2/c1-25-20(26-11-6-14-30-16-21(22,23)24)27-15-19(28-12-4-3-5-13-28)17-7-9-18(29-2)10-8-17/h7-10,19H,3-6,11-16H2,1-2H3,(H2,25,26,27). The number of methoxy groups -OCH3 is 1. The van der Waals surface area contributed by atoms with E-state index in [-0.39, 0.29) is 12.6 Å². The Morgan fingerprint density at radius 1 is 1.13 bits per heavy atom. The molecule has 0 aromatic heterocycles. The van der Waals surface area contributed by atoms with Crippen molar-refractivity contribution in [3.63, 3.8) is 0 Å². The smallest absolute Gasteiger partial charge is 0.411 e. The molecule has 30 heavy (non-hydrogen) atoms. The Morgan fingerprint density at radius 3 is 2.43 bits per heavy atom. The maximum Gasteiger partial charge on any atom is 0.411 e. The monoisotopic (exact) mass is 430 g/mol. The minimum Gasteiger partial charge on any atom is -0.497 e. The van der Waals surface area contributed by atoms with Gasteiger partial charge in [-0.2, -0.15) is 13.2 Å². The van der Waals surface area contributed by atoms with E-state index in [0.29, 0.717) is 25.5 Å². The van der Waals surface area contributed by atoms with Crippen molar-refractivity contribution >= 4 is 5.96 Å². The summed E-state index contributed by atoms with van der Waals surface area (Å²) in [5, 5.41) is 6.49. The van der Waals surface area contributed by atoms with Gasteiger partial charge in [-0.15, -0.1) is 0 Å². The van der Waals surface area contributed by atoms with E-state index in [1.807, 2.05) is 12.1 Å². The van der Waals surface area contributed by atoms with Crippen LogP contribution in [0.25, 0.3) is 0 Å². The summed E-state index contributed by atoms with van der Waals surface area (Å²) in [7, 11) is 3.33. The zero-order valence-electron chi connectivity index (χ0n) is 17.8. The lowest BCUT2D eigenvalue weighted by atomic mass is 10.0. The highest BCUT2D eigenvalue weighted by Crippen LogP contribution is 2.25. The van der Waals surface area contributed by atoms with E-state index >= 15 is 0 Å². The molecule has 2 N–H and O–H groups in total. The zero-order valence-corrected chi connectivity index (χ0v) is 17.8. The van der Waals surface area contributed by atoms with Crippen LogP contribution >= 0.6 is 0 Å². The first-order chi connectivity index (χ1) is 14.4. The van der Waals surface area contributed by atoms with Gasteiger partial charge in [0.2, 0.25) is 0 Å². The molecule has 1 atom stereocenters. The molecule has 9 heteroatoms. The third kappa shape index (κ3) is 8.79. The Hall–Kier alpha value is -2.00. The van der Waals surface area contributed by atoms with E-state index < -0.39 is 12.8 Å². The number of nitrogens with one attached hydrogen (secondary N) is 2. The van der Waals surface area contributed by atoms with E-state index in [0.717, 1.165) is 18.8 Å². The van der Waals surface area contributed by atoms with Crippen molar-refractivity contribution in [1.82, 2.24) is 15.5 Å². The van der Waals surface area contributed by atoms with Gasteiger partial charge in [0.05, 0.1) is 13.2 Å². The molecule has 0 saturated carbocycles. The summed E-state index contributed by atoms with van der Waals surface area (Å²) < 4.78 is 46.1. The molecule has 1 aromatic rings. The quantitative estimate of drug-likeness (QED) is 0.339. The Bertz CT molecular complexity index is 632. The summed E-state index contributed by atoms with van der Waals surface area (Å²) in [5.41, 5.74) is 1.21. The Labute approximate surface area is 176 Å². The third-order valence-electron chi connectivity index (χ3n) is 5.04. The van der Waals surface area contributed by atoms with Crippen molar-refractivity contribution in [2.75, 3.05) is 53.6 Å². The normalized spacial score (nSPS) is 16.9. The molecule has 0 spiro atoms. The van der Waals surface area contributed by atoms with Gasteiger partial charge in [-0.25, -0.2) is 0 Å². The van der Waals surface area contributed by atoms with Crippen molar-refractivity contribution < 1.29 is 22.6 Å². The minimum absolute atomic E-state index is 0.0474. The lowest BCUT2D eigenvalue weighted by Gasteiger charge is -2.35. The summed E-state index contributed by atoms with van der Waals surface area (Å²) in [5.74, 6) is 1.45. The Balaban J connectivity index is 1.84. The molecule has 0 aliphatic carbocycles. The first kappa shape index (κ1) is 24.3. The highest BCUT2D eigenvalue weighted by molar-refractivity contribution is 5.79. The van der Waals surface area contributed by atoms with Gasteiger partial charge in [0.1, 0.15) is 12.4 Å². The summed E-state index contributed by atoms with van der Waals surface area (Å²) in [6, 6.07) is 8.33. The fourth-order valence-electron chi connectivity index (χ4n) is 3.50. The highest BCUT2D eigenvalue weighted by atomic mass is 19.4. The number of hydrogen-bond donors (Lipinski definition) is 2. The van der Waals surface area contributed by atoms with Crippen molar-refractivity contribution in [3.8, 4) is 5.75 Å². The van der Waals surface area contributed by atoms with Crippen molar-refractivity contribution in [2.45, 2.75) is 37.9 Å². The maximum atomic E-state index is 12.1. The van der Waals surface area contributed by atoms with Gasteiger partial charge in [-0.05, 0) is 50.0 Å². The molecule has 170 valence electrons. The van der Waals surface area contributed by atoms with Crippen LogP contribution < -0.4 is 15.4 Å². The number of benzene rings is 1. The molecule has 1 fully saturated rings. The number of guanidine groups is 1. The number of piperidine rings is 1. The van der Waals surface area contributed by atoms with Crippen molar-refractivity contribution in [3.05, 3.63) is 29.8 Å². The van der Waals surface area contributed by atoms with Crippen LogP contribution in [-0.4, -0.2) is 70.6 Å². The molecule has 1 aromatic carbocycles. The minimum atomic E-state index is -4.28.